The predicted molar refractivity (Wildman–Crippen MR) is 99.6 cm³/mol. The highest BCUT2D eigenvalue weighted by atomic mass is 16.3. The van der Waals surface area contributed by atoms with Crippen LogP contribution in [-0.4, -0.2) is 45.2 Å². The molecule has 0 heterocycles. The lowest BCUT2D eigenvalue weighted by Crippen LogP contribution is -2.62. The molecule has 0 aromatic carbocycles. The monoisotopic (exact) mass is 374 g/mol. The number of Topliss-reactive ketones (excluding diaryl/α,β-unsaturated/α-hetero) is 1. The van der Waals surface area contributed by atoms with Crippen molar-refractivity contribution in [3.8, 4) is 0 Å². The van der Waals surface area contributed by atoms with Crippen molar-refractivity contribution in [2.75, 3.05) is 6.61 Å². The van der Waals surface area contributed by atoms with E-state index in [1.54, 1.807) is 12.2 Å². The van der Waals surface area contributed by atoms with E-state index in [2.05, 4.69) is 13.8 Å². The summed E-state index contributed by atoms with van der Waals surface area (Å²) in [6.45, 7) is 5.48. The Bertz CT molecular complexity index is 754. The fourth-order valence-corrected chi connectivity index (χ4v) is 7.34. The molecule has 0 amide bonds. The van der Waals surface area contributed by atoms with Gasteiger partial charge in [0.1, 0.15) is 12.2 Å². The minimum Gasteiger partial charge on any atom is -0.393 e. The molecule has 148 valence electrons. The Morgan fingerprint density at radius 2 is 2.04 bits per heavy atom. The molecule has 2 unspecified atom stereocenters. The standard InChI is InChI=1S/C22H30O5/c1-12-8-14-15-5-7-22(27,18(26)11-23)21(15,3)10-17(25)19(14)20(2)6-4-13(24)9-16(12)20/h4,6,9,12,14-15,17,19,23,25,27H,5,7-8,10-11H2,1-3H3/t12?,14-,15-,17?,19+,20-,21-,22-/m0/s1. The van der Waals surface area contributed by atoms with Crippen molar-refractivity contribution >= 4 is 11.6 Å². The number of hydrogen-bond acceptors (Lipinski definition) is 5. The molecule has 0 spiro atoms. The Labute approximate surface area is 160 Å². The van der Waals surface area contributed by atoms with E-state index in [-0.39, 0.29) is 34.9 Å². The average Bonchev–Trinajstić information content (AvgIpc) is 2.87. The van der Waals surface area contributed by atoms with Crippen LogP contribution in [0.1, 0.15) is 46.5 Å². The molecule has 5 heteroatoms. The fraction of sp³-hybridized carbons (Fsp3) is 0.727. The van der Waals surface area contributed by atoms with Crippen molar-refractivity contribution < 1.29 is 24.9 Å². The minimum absolute atomic E-state index is 0.00620. The summed E-state index contributed by atoms with van der Waals surface area (Å²) in [5.41, 5.74) is -1.59. The molecule has 27 heavy (non-hydrogen) atoms. The van der Waals surface area contributed by atoms with Crippen LogP contribution in [0.15, 0.2) is 23.8 Å². The quantitative estimate of drug-likeness (QED) is 0.685. The van der Waals surface area contributed by atoms with E-state index in [9.17, 15) is 24.9 Å². The normalized spacial score (nSPS) is 51.3. The second-order valence-electron chi connectivity index (χ2n) is 9.72. The third-order valence-corrected chi connectivity index (χ3v) is 8.57. The SMILES string of the molecule is CC1C[C@@H]2[C@H](C(O)C[C@@]3(C)[C@H]2CC[C@]3(O)C(=O)CO)[C@@]2(C)C=CC(=O)C=C12. The van der Waals surface area contributed by atoms with Crippen LogP contribution in [0, 0.1) is 34.5 Å². The number of ketones is 2. The zero-order valence-corrected chi connectivity index (χ0v) is 16.3. The first kappa shape index (κ1) is 19.0. The van der Waals surface area contributed by atoms with E-state index < -0.39 is 29.5 Å². The minimum atomic E-state index is -1.57. The molecule has 0 radical (unpaired) electrons. The summed E-state index contributed by atoms with van der Waals surface area (Å²) in [6, 6.07) is 0. The maximum Gasteiger partial charge on any atom is 0.190 e. The number of allylic oxidation sites excluding steroid dienone is 4. The van der Waals surface area contributed by atoms with Crippen LogP contribution in [0.4, 0.5) is 0 Å². The topological polar surface area (TPSA) is 94.8 Å². The third kappa shape index (κ3) is 2.28. The van der Waals surface area contributed by atoms with Crippen LogP contribution in [0.2, 0.25) is 0 Å². The number of aliphatic hydroxyl groups excluding tert-OH is 2. The van der Waals surface area contributed by atoms with Crippen LogP contribution in [0.3, 0.4) is 0 Å². The summed E-state index contributed by atoms with van der Waals surface area (Å²) >= 11 is 0. The molecule has 3 fully saturated rings. The first-order valence-electron chi connectivity index (χ1n) is 10.1. The molecule has 8 atom stereocenters. The highest BCUT2D eigenvalue weighted by molar-refractivity contribution is 6.01. The Morgan fingerprint density at radius 1 is 1.33 bits per heavy atom. The molecule has 4 aliphatic carbocycles. The molecule has 4 aliphatic rings. The fourth-order valence-electron chi connectivity index (χ4n) is 7.34. The van der Waals surface area contributed by atoms with Crippen molar-refractivity contribution in [1.29, 1.82) is 0 Å². The zero-order valence-electron chi connectivity index (χ0n) is 16.3. The lowest BCUT2D eigenvalue weighted by molar-refractivity contribution is -0.180. The predicted octanol–water partition coefficient (Wildman–Crippen LogP) is 1.80. The van der Waals surface area contributed by atoms with Gasteiger partial charge in [0, 0.05) is 16.7 Å². The van der Waals surface area contributed by atoms with Crippen LogP contribution in [-0.2, 0) is 9.59 Å². The largest absolute Gasteiger partial charge is 0.393 e. The lowest BCUT2D eigenvalue weighted by Gasteiger charge is -2.60. The highest BCUT2D eigenvalue weighted by Crippen LogP contribution is 2.67. The van der Waals surface area contributed by atoms with E-state index >= 15 is 0 Å². The second kappa shape index (κ2) is 5.85. The molecule has 0 aromatic heterocycles. The summed E-state index contributed by atoms with van der Waals surface area (Å²) in [4.78, 5) is 24.4. The Hall–Kier alpha value is -1.30. The maximum absolute atomic E-state index is 12.4. The van der Waals surface area contributed by atoms with Gasteiger partial charge in [-0.05, 0) is 55.6 Å². The molecule has 3 saturated carbocycles. The third-order valence-electron chi connectivity index (χ3n) is 8.57. The number of rotatable bonds is 2. The lowest BCUT2D eigenvalue weighted by atomic mass is 9.45. The van der Waals surface area contributed by atoms with Crippen LogP contribution >= 0.6 is 0 Å². The molecular weight excluding hydrogens is 344 g/mol. The summed E-state index contributed by atoms with van der Waals surface area (Å²) < 4.78 is 0. The molecule has 3 N–H and O–H groups in total. The van der Waals surface area contributed by atoms with Gasteiger partial charge in [0.15, 0.2) is 11.6 Å². The highest BCUT2D eigenvalue weighted by Gasteiger charge is 2.68. The van der Waals surface area contributed by atoms with Gasteiger partial charge in [-0.2, -0.15) is 0 Å². The van der Waals surface area contributed by atoms with Crippen LogP contribution < -0.4 is 0 Å². The Morgan fingerprint density at radius 3 is 2.70 bits per heavy atom. The van der Waals surface area contributed by atoms with Gasteiger partial charge in [-0.3, -0.25) is 9.59 Å². The molecule has 0 saturated heterocycles. The van der Waals surface area contributed by atoms with E-state index in [4.69, 9.17) is 0 Å². The Kier molecular flexibility index (Phi) is 4.12. The van der Waals surface area contributed by atoms with E-state index in [1.807, 2.05) is 13.0 Å². The van der Waals surface area contributed by atoms with Gasteiger partial charge in [0.25, 0.3) is 0 Å². The summed E-state index contributed by atoms with van der Waals surface area (Å²) in [7, 11) is 0. The molecule has 0 bridgehead atoms. The maximum atomic E-state index is 12.4. The summed E-state index contributed by atoms with van der Waals surface area (Å²) in [6.07, 6.45) is 6.87. The van der Waals surface area contributed by atoms with Crippen molar-refractivity contribution in [3.63, 3.8) is 0 Å². The molecule has 4 rings (SSSR count). The van der Waals surface area contributed by atoms with Crippen molar-refractivity contribution in [2.24, 2.45) is 34.5 Å². The number of aliphatic hydroxyl groups is 3. The van der Waals surface area contributed by atoms with Crippen molar-refractivity contribution in [2.45, 2.75) is 58.2 Å². The first-order valence-corrected chi connectivity index (χ1v) is 10.1. The van der Waals surface area contributed by atoms with E-state index in [1.165, 1.54) is 0 Å². The summed E-state index contributed by atoms with van der Waals surface area (Å²) in [5.74, 6) is -0.0768. The van der Waals surface area contributed by atoms with Crippen LogP contribution in [0.25, 0.3) is 0 Å². The molecule has 0 aliphatic heterocycles. The average molecular weight is 374 g/mol. The smallest absolute Gasteiger partial charge is 0.190 e. The van der Waals surface area contributed by atoms with Crippen molar-refractivity contribution in [3.05, 3.63) is 23.8 Å². The second-order valence-corrected chi connectivity index (χ2v) is 9.72. The van der Waals surface area contributed by atoms with Crippen LogP contribution in [0.5, 0.6) is 0 Å². The van der Waals surface area contributed by atoms with Gasteiger partial charge in [-0.25, -0.2) is 0 Å². The number of hydrogen-bond donors (Lipinski definition) is 3. The Balaban J connectivity index is 1.78. The van der Waals surface area contributed by atoms with Gasteiger partial charge in [0.2, 0.25) is 0 Å². The molecular formula is C22H30O5. The summed E-state index contributed by atoms with van der Waals surface area (Å²) in [5, 5.41) is 31.9. The first-order chi connectivity index (χ1) is 12.6. The molecule has 0 aromatic rings. The number of carbonyl (C=O) groups is 2. The van der Waals surface area contributed by atoms with Gasteiger partial charge in [-0.15, -0.1) is 0 Å². The van der Waals surface area contributed by atoms with Gasteiger partial charge in [-0.1, -0.05) is 32.4 Å². The van der Waals surface area contributed by atoms with Gasteiger partial charge in [0.05, 0.1) is 6.10 Å². The number of fused-ring (bicyclic) bond motifs is 5. The molecule has 5 nitrogen and oxygen atoms in total. The van der Waals surface area contributed by atoms with Crippen molar-refractivity contribution in [1.82, 2.24) is 0 Å². The van der Waals surface area contributed by atoms with Gasteiger partial charge >= 0.3 is 0 Å². The van der Waals surface area contributed by atoms with Gasteiger partial charge < -0.3 is 15.3 Å². The zero-order chi connectivity index (χ0) is 19.8. The van der Waals surface area contributed by atoms with E-state index in [0.717, 1.165) is 18.4 Å². The van der Waals surface area contributed by atoms with E-state index in [0.29, 0.717) is 12.8 Å². The number of carbonyl (C=O) groups excluding carboxylic acids is 2.